The number of hydrogen-bond acceptors (Lipinski definition) is 4. The van der Waals surface area contributed by atoms with Gasteiger partial charge >= 0.3 is 0 Å². The molecule has 0 atom stereocenters. The Balaban J connectivity index is 2.12. The lowest BCUT2D eigenvalue weighted by atomic mass is 10.2. The number of sulfonamides is 1. The molecule has 0 radical (unpaired) electrons. The molecule has 0 unspecified atom stereocenters. The number of nitrogens with two attached hydrogens (primary N) is 1. The monoisotopic (exact) mass is 291 g/mol. The van der Waals surface area contributed by atoms with Gasteiger partial charge < -0.3 is 5.73 Å². The van der Waals surface area contributed by atoms with Crippen LogP contribution >= 0.6 is 0 Å². The zero-order chi connectivity index (χ0) is 14.6. The van der Waals surface area contributed by atoms with Gasteiger partial charge in [-0.1, -0.05) is 12.1 Å². The number of benzene rings is 1. The molecule has 1 heterocycles. The number of anilines is 1. The second-order valence-electron chi connectivity index (χ2n) is 4.47. The van der Waals surface area contributed by atoms with E-state index in [9.17, 15) is 8.42 Å². The molecule has 2 N–H and O–H groups in total. The Morgan fingerprint density at radius 3 is 2.45 bits per heavy atom. The maximum atomic E-state index is 12.4. The van der Waals surface area contributed by atoms with Crippen LogP contribution in [0.4, 0.5) is 5.69 Å². The van der Waals surface area contributed by atoms with Gasteiger partial charge in [0.25, 0.3) is 0 Å². The third-order valence-corrected chi connectivity index (χ3v) is 5.00. The van der Waals surface area contributed by atoms with E-state index in [4.69, 9.17) is 5.73 Å². The molecular weight excluding hydrogens is 274 g/mol. The molecule has 1 aromatic heterocycles. The van der Waals surface area contributed by atoms with Gasteiger partial charge in [0.15, 0.2) is 0 Å². The van der Waals surface area contributed by atoms with Crippen molar-refractivity contribution in [3.63, 3.8) is 0 Å². The van der Waals surface area contributed by atoms with Crippen LogP contribution in [0.1, 0.15) is 5.56 Å². The van der Waals surface area contributed by atoms with Crippen LogP contribution in [-0.4, -0.2) is 31.3 Å². The summed E-state index contributed by atoms with van der Waals surface area (Å²) < 4.78 is 26.1. The first-order chi connectivity index (χ1) is 9.51. The molecule has 0 saturated carbocycles. The Kier molecular flexibility index (Phi) is 4.36. The van der Waals surface area contributed by atoms with Gasteiger partial charge in [-0.15, -0.1) is 0 Å². The van der Waals surface area contributed by atoms with Crippen molar-refractivity contribution in [1.29, 1.82) is 0 Å². The Hall–Kier alpha value is -1.92. The van der Waals surface area contributed by atoms with Crippen LogP contribution in [0.2, 0.25) is 0 Å². The minimum Gasteiger partial charge on any atom is -0.398 e. The molecule has 0 aliphatic rings. The van der Waals surface area contributed by atoms with E-state index in [-0.39, 0.29) is 10.6 Å². The molecule has 20 heavy (non-hydrogen) atoms. The van der Waals surface area contributed by atoms with Crippen molar-refractivity contribution in [3.05, 3.63) is 54.4 Å². The molecule has 106 valence electrons. The predicted octanol–water partition coefficient (Wildman–Crippen LogP) is 1.53. The van der Waals surface area contributed by atoms with Gasteiger partial charge in [0.05, 0.1) is 5.69 Å². The van der Waals surface area contributed by atoms with Crippen LogP contribution in [0.25, 0.3) is 0 Å². The highest BCUT2D eigenvalue weighted by atomic mass is 32.2. The number of likely N-dealkylation sites (N-methyl/N-ethyl adjacent to an activating group) is 1. The molecule has 2 rings (SSSR count). The van der Waals surface area contributed by atoms with Crippen molar-refractivity contribution in [2.24, 2.45) is 0 Å². The van der Waals surface area contributed by atoms with E-state index < -0.39 is 10.0 Å². The summed E-state index contributed by atoms with van der Waals surface area (Å²) in [7, 11) is -1.99. The van der Waals surface area contributed by atoms with Crippen LogP contribution in [-0.2, 0) is 16.4 Å². The zero-order valence-corrected chi connectivity index (χ0v) is 12.0. The van der Waals surface area contributed by atoms with E-state index in [1.165, 1.54) is 10.4 Å². The van der Waals surface area contributed by atoms with Gasteiger partial charge in [0.2, 0.25) is 10.0 Å². The van der Waals surface area contributed by atoms with Crippen molar-refractivity contribution in [2.45, 2.75) is 11.3 Å². The summed E-state index contributed by atoms with van der Waals surface area (Å²) in [5, 5.41) is 0. The second kappa shape index (κ2) is 6.02. The summed E-state index contributed by atoms with van der Waals surface area (Å²) in [5.74, 6) is 0. The number of para-hydroxylation sites is 1. The predicted molar refractivity (Wildman–Crippen MR) is 78.6 cm³/mol. The Bertz CT molecular complexity index is 672. The molecule has 0 fully saturated rings. The largest absolute Gasteiger partial charge is 0.398 e. The van der Waals surface area contributed by atoms with Crippen molar-refractivity contribution in [1.82, 2.24) is 9.29 Å². The third-order valence-electron chi connectivity index (χ3n) is 3.07. The SMILES string of the molecule is CN(CCc1ccncc1)S(=O)(=O)c1ccccc1N. The lowest BCUT2D eigenvalue weighted by molar-refractivity contribution is 0.473. The van der Waals surface area contributed by atoms with Crippen molar-refractivity contribution in [2.75, 3.05) is 19.3 Å². The van der Waals surface area contributed by atoms with Crippen LogP contribution < -0.4 is 5.73 Å². The third kappa shape index (κ3) is 3.15. The molecule has 5 nitrogen and oxygen atoms in total. The van der Waals surface area contributed by atoms with Crippen molar-refractivity contribution in [3.8, 4) is 0 Å². The summed E-state index contributed by atoms with van der Waals surface area (Å²) in [6, 6.07) is 10.2. The summed E-state index contributed by atoms with van der Waals surface area (Å²) in [4.78, 5) is 4.08. The van der Waals surface area contributed by atoms with Crippen molar-refractivity contribution < 1.29 is 8.42 Å². The average Bonchev–Trinajstić information content (AvgIpc) is 2.46. The normalized spacial score (nSPS) is 11.7. The molecule has 0 aliphatic carbocycles. The fourth-order valence-electron chi connectivity index (χ4n) is 1.84. The topological polar surface area (TPSA) is 76.3 Å². The highest BCUT2D eigenvalue weighted by Gasteiger charge is 2.22. The van der Waals surface area contributed by atoms with E-state index in [1.54, 1.807) is 37.6 Å². The fourth-order valence-corrected chi connectivity index (χ4v) is 3.12. The average molecular weight is 291 g/mol. The van der Waals surface area contributed by atoms with Gasteiger partial charge in [0, 0.05) is 26.0 Å². The highest BCUT2D eigenvalue weighted by molar-refractivity contribution is 7.89. The van der Waals surface area contributed by atoms with Gasteiger partial charge in [-0.05, 0) is 36.2 Å². The first-order valence-electron chi connectivity index (χ1n) is 6.21. The standard InChI is InChI=1S/C14H17N3O2S/c1-17(11-8-12-6-9-16-10-7-12)20(18,19)14-5-3-2-4-13(14)15/h2-7,9-10H,8,11,15H2,1H3. The summed E-state index contributed by atoms with van der Waals surface area (Å²) in [6.07, 6.45) is 4.02. The number of hydrogen-bond donors (Lipinski definition) is 1. The number of nitrogen functional groups attached to an aromatic ring is 1. The minimum absolute atomic E-state index is 0.150. The van der Waals surface area contributed by atoms with Gasteiger partial charge in [-0.25, -0.2) is 12.7 Å². The van der Waals surface area contributed by atoms with E-state index in [1.807, 2.05) is 12.1 Å². The van der Waals surface area contributed by atoms with Gasteiger partial charge in [0.1, 0.15) is 4.90 Å². The minimum atomic E-state index is -3.55. The van der Waals surface area contributed by atoms with E-state index in [0.717, 1.165) is 5.56 Å². The van der Waals surface area contributed by atoms with Crippen LogP contribution in [0.3, 0.4) is 0 Å². The zero-order valence-electron chi connectivity index (χ0n) is 11.2. The molecule has 6 heteroatoms. The Morgan fingerprint density at radius 1 is 1.15 bits per heavy atom. The number of pyridine rings is 1. The van der Waals surface area contributed by atoms with Gasteiger partial charge in [-0.2, -0.15) is 0 Å². The molecule has 0 bridgehead atoms. The molecule has 2 aromatic rings. The summed E-state index contributed by atoms with van der Waals surface area (Å²) in [5.41, 5.74) is 7.05. The number of nitrogens with zero attached hydrogens (tertiary/aromatic N) is 2. The Morgan fingerprint density at radius 2 is 1.80 bits per heavy atom. The van der Waals surface area contributed by atoms with Crippen LogP contribution in [0, 0.1) is 0 Å². The first-order valence-corrected chi connectivity index (χ1v) is 7.65. The first kappa shape index (κ1) is 14.5. The number of rotatable bonds is 5. The molecular formula is C14H17N3O2S. The lowest BCUT2D eigenvalue weighted by Gasteiger charge is -2.18. The van der Waals surface area contributed by atoms with Crippen LogP contribution in [0.5, 0.6) is 0 Å². The Labute approximate surface area is 119 Å². The van der Waals surface area contributed by atoms with E-state index in [2.05, 4.69) is 4.98 Å². The van der Waals surface area contributed by atoms with E-state index >= 15 is 0 Å². The van der Waals surface area contributed by atoms with Crippen molar-refractivity contribution >= 4 is 15.7 Å². The number of aromatic nitrogens is 1. The summed E-state index contributed by atoms with van der Waals surface area (Å²) >= 11 is 0. The highest BCUT2D eigenvalue weighted by Crippen LogP contribution is 2.20. The lowest BCUT2D eigenvalue weighted by Crippen LogP contribution is -2.29. The maximum Gasteiger partial charge on any atom is 0.244 e. The fraction of sp³-hybridized carbons (Fsp3) is 0.214. The maximum absolute atomic E-state index is 12.4. The van der Waals surface area contributed by atoms with E-state index in [0.29, 0.717) is 13.0 Å². The quantitative estimate of drug-likeness (QED) is 0.848. The molecule has 0 amide bonds. The molecule has 0 saturated heterocycles. The summed E-state index contributed by atoms with van der Waals surface area (Å²) in [6.45, 7) is 0.390. The second-order valence-corrected chi connectivity index (χ2v) is 6.48. The smallest absolute Gasteiger partial charge is 0.244 e. The molecule has 0 spiro atoms. The molecule has 0 aliphatic heterocycles. The molecule has 1 aromatic carbocycles. The van der Waals surface area contributed by atoms with Crippen LogP contribution in [0.15, 0.2) is 53.7 Å². The van der Waals surface area contributed by atoms with Gasteiger partial charge in [-0.3, -0.25) is 4.98 Å².